The molecule has 0 bridgehead atoms. The first kappa shape index (κ1) is 17.9. The van der Waals surface area contributed by atoms with Gasteiger partial charge in [0.2, 0.25) is 0 Å². The van der Waals surface area contributed by atoms with Gasteiger partial charge in [-0.3, -0.25) is 0 Å². The Morgan fingerprint density at radius 1 is 1.19 bits per heavy atom. The molecule has 0 aliphatic carbocycles. The zero-order valence-electron chi connectivity index (χ0n) is 13.3. The van der Waals surface area contributed by atoms with Crippen LogP contribution in [-0.4, -0.2) is 25.4 Å². The summed E-state index contributed by atoms with van der Waals surface area (Å²) in [7, 11) is 3.15. The Balaban J connectivity index is 2.89. The van der Waals surface area contributed by atoms with E-state index in [1.54, 1.807) is 26.4 Å². The lowest BCUT2D eigenvalue weighted by molar-refractivity contribution is 0.317. The van der Waals surface area contributed by atoms with Crippen molar-refractivity contribution < 1.29 is 9.47 Å². The number of methoxy groups -OCH3 is 2. The third kappa shape index (κ3) is 4.93. The molecule has 1 unspecified atom stereocenters. The van der Waals surface area contributed by atoms with Crippen LogP contribution in [0.4, 0.5) is 5.69 Å². The van der Waals surface area contributed by atoms with Gasteiger partial charge in [0.15, 0.2) is 5.11 Å². The highest BCUT2D eigenvalue weighted by molar-refractivity contribution is 7.80. The molecule has 4 nitrogen and oxygen atoms in total. The van der Waals surface area contributed by atoms with Gasteiger partial charge in [-0.2, -0.15) is 0 Å². The average molecular weight is 331 g/mol. The number of rotatable bonds is 4. The summed E-state index contributed by atoms with van der Waals surface area (Å²) in [5.74, 6) is 1.17. The number of thiocarbonyl (C=S) groups is 1. The molecular weight excluding hydrogens is 308 g/mol. The number of hydrogen-bond donors (Lipinski definition) is 2. The molecule has 1 rings (SSSR count). The molecule has 21 heavy (non-hydrogen) atoms. The summed E-state index contributed by atoms with van der Waals surface area (Å²) in [6.07, 6.45) is 0. The lowest BCUT2D eigenvalue weighted by Crippen LogP contribution is -2.43. The lowest BCUT2D eigenvalue weighted by Gasteiger charge is -2.29. The summed E-state index contributed by atoms with van der Waals surface area (Å²) in [6, 6.07) is 3.67. The molecule has 6 heteroatoms. The molecule has 0 spiro atoms. The highest BCUT2D eigenvalue weighted by Crippen LogP contribution is 2.35. The molecule has 0 saturated carbocycles. The van der Waals surface area contributed by atoms with E-state index in [9.17, 15) is 0 Å². The van der Waals surface area contributed by atoms with Crippen LogP contribution in [0.2, 0.25) is 5.02 Å². The van der Waals surface area contributed by atoms with E-state index in [1.807, 2.05) is 0 Å². The van der Waals surface area contributed by atoms with Crippen molar-refractivity contribution in [3.8, 4) is 11.5 Å². The Bertz CT molecular complexity index is 515. The van der Waals surface area contributed by atoms with Gasteiger partial charge in [-0.1, -0.05) is 32.4 Å². The van der Waals surface area contributed by atoms with E-state index in [0.717, 1.165) is 0 Å². The first-order chi connectivity index (χ1) is 9.68. The fourth-order valence-corrected chi connectivity index (χ4v) is 2.05. The monoisotopic (exact) mass is 330 g/mol. The van der Waals surface area contributed by atoms with Crippen LogP contribution in [0.15, 0.2) is 12.1 Å². The second-order valence-electron chi connectivity index (χ2n) is 5.87. The van der Waals surface area contributed by atoms with Crippen molar-refractivity contribution in [2.75, 3.05) is 19.5 Å². The third-order valence-corrected chi connectivity index (χ3v) is 3.88. The third-order valence-electron chi connectivity index (χ3n) is 3.37. The zero-order chi connectivity index (χ0) is 16.2. The Kier molecular flexibility index (Phi) is 6.10. The molecule has 1 aromatic rings. The highest BCUT2D eigenvalue weighted by Gasteiger charge is 2.21. The fraction of sp³-hybridized carbons (Fsp3) is 0.533. The van der Waals surface area contributed by atoms with Gasteiger partial charge in [-0.15, -0.1) is 0 Å². The molecule has 2 N–H and O–H groups in total. The van der Waals surface area contributed by atoms with Crippen LogP contribution >= 0.6 is 23.8 Å². The minimum absolute atomic E-state index is 0.105. The van der Waals surface area contributed by atoms with Crippen LogP contribution in [0.3, 0.4) is 0 Å². The van der Waals surface area contributed by atoms with Crippen molar-refractivity contribution in [1.82, 2.24) is 5.32 Å². The smallest absolute Gasteiger partial charge is 0.171 e. The summed E-state index contributed by atoms with van der Waals surface area (Å²) >= 11 is 11.4. The van der Waals surface area contributed by atoms with Gasteiger partial charge in [0.25, 0.3) is 0 Å². The van der Waals surface area contributed by atoms with Crippen LogP contribution in [0.5, 0.6) is 11.5 Å². The number of benzene rings is 1. The van der Waals surface area contributed by atoms with E-state index in [1.165, 1.54) is 0 Å². The molecule has 0 heterocycles. The first-order valence-corrected chi connectivity index (χ1v) is 7.46. The average Bonchev–Trinajstić information content (AvgIpc) is 2.38. The topological polar surface area (TPSA) is 42.5 Å². The van der Waals surface area contributed by atoms with Crippen LogP contribution in [0.1, 0.15) is 27.7 Å². The van der Waals surface area contributed by atoms with Crippen LogP contribution < -0.4 is 20.1 Å². The molecule has 0 saturated heterocycles. The van der Waals surface area contributed by atoms with Gasteiger partial charge < -0.3 is 20.1 Å². The van der Waals surface area contributed by atoms with Crippen molar-refractivity contribution >= 4 is 34.6 Å². The summed E-state index contributed by atoms with van der Waals surface area (Å²) in [5, 5.41) is 7.40. The maximum atomic E-state index is 6.08. The minimum Gasteiger partial charge on any atom is -0.495 e. The fourth-order valence-electron chi connectivity index (χ4n) is 1.53. The Morgan fingerprint density at radius 2 is 1.76 bits per heavy atom. The first-order valence-electron chi connectivity index (χ1n) is 6.68. The Labute approximate surface area is 137 Å². The van der Waals surface area contributed by atoms with Crippen molar-refractivity contribution in [3.05, 3.63) is 17.2 Å². The van der Waals surface area contributed by atoms with Crippen molar-refractivity contribution in [3.63, 3.8) is 0 Å². The van der Waals surface area contributed by atoms with E-state index in [4.69, 9.17) is 33.3 Å². The van der Waals surface area contributed by atoms with Crippen molar-refractivity contribution in [1.29, 1.82) is 0 Å². The maximum absolute atomic E-state index is 6.08. The number of ether oxygens (including phenoxy) is 2. The number of nitrogens with one attached hydrogen (secondary N) is 2. The Hall–Kier alpha value is -1.20. The molecule has 0 aromatic heterocycles. The predicted octanol–water partition coefficient (Wildman–Crippen LogP) is 4.08. The molecule has 0 radical (unpaired) electrons. The summed E-state index contributed by atoms with van der Waals surface area (Å²) in [4.78, 5) is 0. The molecule has 1 atom stereocenters. The van der Waals surface area contributed by atoms with E-state index < -0.39 is 0 Å². The molecule has 118 valence electrons. The molecule has 1 aromatic carbocycles. The van der Waals surface area contributed by atoms with Gasteiger partial charge in [-0.25, -0.2) is 0 Å². The predicted molar refractivity (Wildman–Crippen MR) is 92.8 cm³/mol. The van der Waals surface area contributed by atoms with Gasteiger partial charge in [-0.05, 0) is 24.6 Å². The second kappa shape index (κ2) is 7.18. The summed E-state index contributed by atoms with van der Waals surface area (Å²) in [6.45, 7) is 8.55. The lowest BCUT2D eigenvalue weighted by atomic mass is 9.88. The molecule has 0 aliphatic heterocycles. The minimum atomic E-state index is 0.105. The SMILES string of the molecule is COc1cc(NC(=S)NC(C)C(C)(C)C)c(OC)cc1Cl. The van der Waals surface area contributed by atoms with Gasteiger partial charge in [0, 0.05) is 18.2 Å². The van der Waals surface area contributed by atoms with Gasteiger partial charge >= 0.3 is 0 Å². The quantitative estimate of drug-likeness (QED) is 0.814. The number of hydrogen-bond acceptors (Lipinski definition) is 3. The molecule has 0 amide bonds. The largest absolute Gasteiger partial charge is 0.495 e. The van der Waals surface area contributed by atoms with Crippen LogP contribution in [0.25, 0.3) is 0 Å². The second-order valence-corrected chi connectivity index (χ2v) is 6.69. The zero-order valence-corrected chi connectivity index (χ0v) is 14.9. The van der Waals surface area contributed by atoms with E-state index >= 15 is 0 Å². The summed E-state index contributed by atoms with van der Waals surface area (Å²) in [5.41, 5.74) is 0.811. The van der Waals surface area contributed by atoms with E-state index in [2.05, 4.69) is 38.3 Å². The Morgan fingerprint density at radius 3 is 2.24 bits per heavy atom. The van der Waals surface area contributed by atoms with E-state index in [0.29, 0.717) is 27.3 Å². The van der Waals surface area contributed by atoms with Crippen molar-refractivity contribution in [2.24, 2.45) is 5.41 Å². The van der Waals surface area contributed by atoms with Crippen molar-refractivity contribution in [2.45, 2.75) is 33.7 Å². The normalized spacial score (nSPS) is 12.5. The van der Waals surface area contributed by atoms with E-state index in [-0.39, 0.29) is 11.5 Å². The standard InChI is InChI=1S/C15H23ClN2O2S/c1-9(15(2,3)4)17-14(21)18-11-8-12(19-5)10(16)7-13(11)20-6/h7-9H,1-6H3,(H2,17,18,21). The van der Waals surface area contributed by atoms with Crippen LogP contribution in [0, 0.1) is 5.41 Å². The number of halogens is 1. The maximum Gasteiger partial charge on any atom is 0.171 e. The van der Waals surface area contributed by atoms with Gasteiger partial charge in [0.05, 0.1) is 24.9 Å². The van der Waals surface area contributed by atoms with Crippen LogP contribution in [-0.2, 0) is 0 Å². The van der Waals surface area contributed by atoms with Gasteiger partial charge in [0.1, 0.15) is 11.5 Å². The summed E-state index contributed by atoms with van der Waals surface area (Å²) < 4.78 is 10.5. The number of anilines is 1. The highest BCUT2D eigenvalue weighted by atomic mass is 35.5. The molecule has 0 aliphatic rings. The molecular formula is C15H23ClN2O2S. The molecule has 0 fully saturated rings.